The minimum absolute atomic E-state index is 0.240. The summed E-state index contributed by atoms with van der Waals surface area (Å²) in [6.07, 6.45) is -0.583. The molecular formula is C11H14Cl2N2O2. The Morgan fingerprint density at radius 3 is 2.76 bits per heavy atom. The molecular weight excluding hydrogens is 263 g/mol. The van der Waals surface area contributed by atoms with Crippen LogP contribution in [0.5, 0.6) is 0 Å². The summed E-state index contributed by atoms with van der Waals surface area (Å²) in [5.41, 5.74) is 0.446. The fraction of sp³-hybridized carbons (Fsp3) is 0.364. The van der Waals surface area contributed by atoms with Crippen molar-refractivity contribution >= 4 is 34.9 Å². The number of halogens is 2. The molecule has 0 aliphatic carbocycles. The van der Waals surface area contributed by atoms with E-state index < -0.39 is 6.10 Å². The zero-order chi connectivity index (χ0) is 13.0. The molecule has 0 fully saturated rings. The number of benzene rings is 1. The molecule has 1 aromatic carbocycles. The number of hydrogen-bond acceptors (Lipinski definition) is 2. The summed E-state index contributed by atoms with van der Waals surface area (Å²) >= 11 is 11.7. The van der Waals surface area contributed by atoms with E-state index in [-0.39, 0.29) is 12.6 Å². The third-order valence-corrected chi connectivity index (χ3v) is 2.62. The van der Waals surface area contributed by atoms with E-state index in [1.165, 1.54) is 4.90 Å². The van der Waals surface area contributed by atoms with Gasteiger partial charge in [-0.2, -0.15) is 0 Å². The maximum absolute atomic E-state index is 11.7. The van der Waals surface area contributed by atoms with Crippen LogP contribution in [0.2, 0.25) is 10.0 Å². The van der Waals surface area contributed by atoms with Gasteiger partial charge in [0.25, 0.3) is 0 Å². The van der Waals surface area contributed by atoms with Gasteiger partial charge in [0.1, 0.15) is 0 Å². The maximum atomic E-state index is 11.7. The zero-order valence-corrected chi connectivity index (χ0v) is 11.1. The van der Waals surface area contributed by atoms with Crippen LogP contribution in [0.15, 0.2) is 18.2 Å². The molecule has 0 bridgehead atoms. The number of carbonyl (C=O) groups excluding carboxylic acids is 1. The average Bonchev–Trinajstić information content (AvgIpc) is 2.22. The van der Waals surface area contributed by atoms with Gasteiger partial charge >= 0.3 is 6.03 Å². The first kappa shape index (κ1) is 14.1. The molecule has 2 amide bonds. The predicted octanol–water partition coefficient (Wildman–Crippen LogP) is 2.84. The lowest BCUT2D eigenvalue weighted by atomic mass is 10.3. The largest absolute Gasteiger partial charge is 0.392 e. The topological polar surface area (TPSA) is 52.6 Å². The lowest BCUT2D eigenvalue weighted by Crippen LogP contribution is -2.36. The second-order valence-electron chi connectivity index (χ2n) is 3.78. The van der Waals surface area contributed by atoms with Gasteiger partial charge in [-0.1, -0.05) is 23.2 Å². The van der Waals surface area contributed by atoms with Gasteiger partial charge in [-0.05, 0) is 25.1 Å². The van der Waals surface area contributed by atoms with Crippen molar-refractivity contribution in [2.45, 2.75) is 13.0 Å². The van der Waals surface area contributed by atoms with Crippen LogP contribution in [0.3, 0.4) is 0 Å². The van der Waals surface area contributed by atoms with E-state index in [9.17, 15) is 4.79 Å². The molecule has 0 aliphatic heterocycles. The van der Waals surface area contributed by atoms with E-state index in [0.29, 0.717) is 15.7 Å². The molecule has 0 aliphatic rings. The van der Waals surface area contributed by atoms with Crippen molar-refractivity contribution in [1.29, 1.82) is 0 Å². The van der Waals surface area contributed by atoms with Gasteiger partial charge in [-0.15, -0.1) is 0 Å². The number of urea groups is 1. The monoisotopic (exact) mass is 276 g/mol. The summed E-state index contributed by atoms with van der Waals surface area (Å²) in [5, 5.41) is 12.7. The number of anilines is 1. The molecule has 0 spiro atoms. The third-order valence-electron chi connectivity index (χ3n) is 2.05. The normalized spacial score (nSPS) is 12.1. The molecule has 1 aromatic rings. The highest BCUT2D eigenvalue weighted by atomic mass is 35.5. The van der Waals surface area contributed by atoms with Crippen molar-refractivity contribution < 1.29 is 9.90 Å². The number of likely N-dealkylation sites (N-methyl/N-ethyl adjacent to an activating group) is 1. The van der Waals surface area contributed by atoms with Crippen LogP contribution in [-0.4, -0.2) is 35.7 Å². The molecule has 1 unspecified atom stereocenters. The van der Waals surface area contributed by atoms with Crippen LogP contribution < -0.4 is 5.32 Å². The number of amides is 2. The molecule has 2 N–H and O–H groups in total. The molecule has 0 aromatic heterocycles. The Morgan fingerprint density at radius 1 is 1.53 bits per heavy atom. The van der Waals surface area contributed by atoms with E-state index in [0.717, 1.165) is 0 Å². The fourth-order valence-electron chi connectivity index (χ4n) is 1.28. The van der Waals surface area contributed by atoms with E-state index >= 15 is 0 Å². The molecule has 0 heterocycles. The summed E-state index contributed by atoms with van der Waals surface area (Å²) in [5.74, 6) is 0. The molecule has 0 radical (unpaired) electrons. The number of nitrogens with one attached hydrogen (secondary N) is 1. The molecule has 17 heavy (non-hydrogen) atoms. The smallest absolute Gasteiger partial charge is 0.321 e. The SMILES string of the molecule is CC(O)CN(C)C(=O)Nc1cc(Cl)ccc1Cl. The second kappa shape index (κ2) is 6.10. The first-order chi connectivity index (χ1) is 7.90. The van der Waals surface area contributed by atoms with Crippen LogP contribution >= 0.6 is 23.2 Å². The average molecular weight is 277 g/mol. The maximum Gasteiger partial charge on any atom is 0.321 e. The van der Waals surface area contributed by atoms with Crippen molar-refractivity contribution in [3.8, 4) is 0 Å². The van der Waals surface area contributed by atoms with Gasteiger partial charge in [0.05, 0.1) is 16.8 Å². The number of rotatable bonds is 3. The Hall–Kier alpha value is -0.970. The summed E-state index contributed by atoms with van der Waals surface area (Å²) in [7, 11) is 1.58. The van der Waals surface area contributed by atoms with Crippen molar-refractivity contribution in [2.75, 3.05) is 18.9 Å². The van der Waals surface area contributed by atoms with Gasteiger partial charge in [-0.3, -0.25) is 0 Å². The number of hydrogen-bond donors (Lipinski definition) is 2. The highest BCUT2D eigenvalue weighted by Gasteiger charge is 2.12. The van der Waals surface area contributed by atoms with Crippen LogP contribution in [0.25, 0.3) is 0 Å². The summed E-state index contributed by atoms with van der Waals surface area (Å²) in [6.45, 7) is 1.85. The van der Waals surface area contributed by atoms with E-state index in [1.807, 2.05) is 0 Å². The minimum atomic E-state index is -0.583. The summed E-state index contributed by atoms with van der Waals surface area (Å²) in [6, 6.07) is 4.46. The Bertz CT molecular complexity index is 410. The van der Waals surface area contributed by atoms with Crippen LogP contribution in [0.4, 0.5) is 10.5 Å². The molecule has 0 saturated heterocycles. The first-order valence-electron chi connectivity index (χ1n) is 5.05. The number of aliphatic hydroxyl groups excluding tert-OH is 1. The van der Waals surface area contributed by atoms with Gasteiger partial charge in [0.2, 0.25) is 0 Å². The molecule has 1 rings (SSSR count). The number of carbonyl (C=O) groups is 1. The Kier molecular flexibility index (Phi) is 5.05. The number of nitrogens with zero attached hydrogens (tertiary/aromatic N) is 1. The summed E-state index contributed by atoms with van der Waals surface area (Å²) < 4.78 is 0. The van der Waals surface area contributed by atoms with Gasteiger partial charge in [0.15, 0.2) is 0 Å². The number of aliphatic hydroxyl groups is 1. The van der Waals surface area contributed by atoms with E-state index in [4.69, 9.17) is 28.3 Å². The van der Waals surface area contributed by atoms with E-state index in [1.54, 1.807) is 32.2 Å². The standard InChI is InChI=1S/C11H14Cl2N2O2/c1-7(16)6-15(2)11(17)14-10-5-8(12)3-4-9(10)13/h3-5,7,16H,6H2,1-2H3,(H,14,17). The van der Waals surface area contributed by atoms with Crippen LogP contribution in [0.1, 0.15) is 6.92 Å². The van der Waals surface area contributed by atoms with Gasteiger partial charge < -0.3 is 15.3 Å². The molecule has 94 valence electrons. The molecule has 1 atom stereocenters. The van der Waals surface area contributed by atoms with Crippen molar-refractivity contribution in [3.63, 3.8) is 0 Å². The van der Waals surface area contributed by atoms with E-state index in [2.05, 4.69) is 5.32 Å². The molecule has 6 heteroatoms. The van der Waals surface area contributed by atoms with Crippen molar-refractivity contribution in [1.82, 2.24) is 4.90 Å². The van der Waals surface area contributed by atoms with Gasteiger partial charge in [0, 0.05) is 18.6 Å². The summed E-state index contributed by atoms with van der Waals surface area (Å²) in [4.78, 5) is 13.1. The third kappa shape index (κ3) is 4.42. The zero-order valence-electron chi connectivity index (χ0n) is 9.58. The lowest BCUT2D eigenvalue weighted by molar-refractivity contribution is 0.149. The first-order valence-corrected chi connectivity index (χ1v) is 5.81. The van der Waals surface area contributed by atoms with Crippen LogP contribution in [0, 0.1) is 0 Å². The second-order valence-corrected chi connectivity index (χ2v) is 4.63. The highest BCUT2D eigenvalue weighted by Crippen LogP contribution is 2.25. The van der Waals surface area contributed by atoms with Crippen LogP contribution in [-0.2, 0) is 0 Å². The Labute approximate surface area is 110 Å². The van der Waals surface area contributed by atoms with Crippen molar-refractivity contribution in [2.24, 2.45) is 0 Å². The quantitative estimate of drug-likeness (QED) is 0.892. The minimum Gasteiger partial charge on any atom is -0.392 e. The fourth-order valence-corrected chi connectivity index (χ4v) is 1.62. The highest BCUT2D eigenvalue weighted by molar-refractivity contribution is 6.35. The predicted molar refractivity (Wildman–Crippen MR) is 69.8 cm³/mol. The Balaban J connectivity index is 2.70. The van der Waals surface area contributed by atoms with Crippen molar-refractivity contribution in [3.05, 3.63) is 28.2 Å². The Morgan fingerprint density at radius 2 is 2.18 bits per heavy atom. The molecule has 4 nitrogen and oxygen atoms in total. The molecule has 0 saturated carbocycles. The van der Waals surface area contributed by atoms with Gasteiger partial charge in [-0.25, -0.2) is 4.79 Å². The lowest BCUT2D eigenvalue weighted by Gasteiger charge is -2.19.